The van der Waals surface area contributed by atoms with Crippen LogP contribution in [0.25, 0.3) is 0 Å². The van der Waals surface area contributed by atoms with Crippen molar-refractivity contribution in [3.8, 4) is 34.5 Å². The summed E-state index contributed by atoms with van der Waals surface area (Å²) in [6.45, 7) is 0. The Morgan fingerprint density at radius 3 is 0.929 bits per heavy atom. The van der Waals surface area contributed by atoms with Crippen LogP contribution in [0.4, 0.5) is 0 Å². The minimum atomic E-state index is -1.28. The van der Waals surface area contributed by atoms with Crippen molar-refractivity contribution in [1.29, 1.82) is 0 Å². The molecule has 0 fully saturated rings. The van der Waals surface area contributed by atoms with E-state index in [2.05, 4.69) is 0 Å². The third-order valence-corrected chi connectivity index (χ3v) is 4.36. The molecule has 0 saturated carbocycles. The number of ether oxygens (including phenoxy) is 6. The molecule has 2 aromatic rings. The summed E-state index contributed by atoms with van der Waals surface area (Å²) in [6.07, 6.45) is -2.56. The molecule has 2 atom stereocenters. The second-order valence-corrected chi connectivity index (χ2v) is 5.81. The molecule has 2 aromatic carbocycles. The average Bonchev–Trinajstić information content (AvgIpc) is 2.75. The van der Waals surface area contributed by atoms with Crippen LogP contribution in [0.3, 0.4) is 0 Å². The van der Waals surface area contributed by atoms with E-state index in [9.17, 15) is 10.2 Å². The van der Waals surface area contributed by atoms with Gasteiger partial charge in [0.2, 0.25) is 11.5 Å². The van der Waals surface area contributed by atoms with Crippen LogP contribution in [0, 0.1) is 0 Å². The minimum absolute atomic E-state index is 0.369. The Kier molecular flexibility index (Phi) is 7.19. The molecule has 2 N–H and O–H groups in total. The molecule has 0 aliphatic heterocycles. The molecule has 0 radical (unpaired) electrons. The monoisotopic (exact) mass is 394 g/mol. The zero-order valence-corrected chi connectivity index (χ0v) is 16.8. The molecular weight excluding hydrogens is 368 g/mol. The van der Waals surface area contributed by atoms with Crippen molar-refractivity contribution in [3.63, 3.8) is 0 Å². The van der Waals surface area contributed by atoms with Gasteiger partial charge in [-0.2, -0.15) is 0 Å². The maximum atomic E-state index is 10.8. The molecule has 0 saturated heterocycles. The number of benzene rings is 2. The lowest BCUT2D eigenvalue weighted by atomic mass is 9.97. The minimum Gasteiger partial charge on any atom is -0.493 e. The SMILES string of the molecule is COc1cc(C(O)C(O)c2cc(OC)c(OC)c(OC)c2)cc(OC)c1OC. The zero-order chi connectivity index (χ0) is 20.8. The van der Waals surface area contributed by atoms with Crippen molar-refractivity contribution in [1.82, 2.24) is 0 Å². The third kappa shape index (κ3) is 4.02. The first-order chi connectivity index (χ1) is 13.4. The van der Waals surface area contributed by atoms with Crippen molar-refractivity contribution in [2.75, 3.05) is 42.7 Å². The highest BCUT2D eigenvalue weighted by atomic mass is 16.5. The number of aliphatic hydroxyl groups is 2. The molecule has 0 aliphatic rings. The van der Waals surface area contributed by atoms with Crippen LogP contribution in [-0.2, 0) is 0 Å². The summed E-state index contributed by atoms with van der Waals surface area (Å²) in [5.74, 6) is 2.26. The summed E-state index contributed by atoms with van der Waals surface area (Å²) in [6, 6.07) is 6.31. The second kappa shape index (κ2) is 9.38. The molecule has 28 heavy (non-hydrogen) atoms. The highest BCUT2D eigenvalue weighted by molar-refractivity contribution is 5.56. The quantitative estimate of drug-likeness (QED) is 0.670. The van der Waals surface area contributed by atoms with E-state index in [0.29, 0.717) is 45.6 Å². The van der Waals surface area contributed by atoms with Crippen molar-refractivity contribution < 1.29 is 38.6 Å². The lowest BCUT2D eigenvalue weighted by Crippen LogP contribution is -2.12. The summed E-state index contributed by atoms with van der Waals surface area (Å²) >= 11 is 0. The fourth-order valence-electron chi connectivity index (χ4n) is 2.91. The first-order valence-electron chi connectivity index (χ1n) is 8.41. The Bertz CT molecular complexity index is 687. The molecule has 2 unspecified atom stereocenters. The molecule has 0 spiro atoms. The zero-order valence-electron chi connectivity index (χ0n) is 16.8. The van der Waals surface area contributed by atoms with E-state index in [1.807, 2.05) is 0 Å². The maximum absolute atomic E-state index is 10.8. The maximum Gasteiger partial charge on any atom is 0.203 e. The molecule has 0 bridgehead atoms. The van der Waals surface area contributed by atoms with Gasteiger partial charge in [0.25, 0.3) is 0 Å². The van der Waals surface area contributed by atoms with Gasteiger partial charge in [0.15, 0.2) is 23.0 Å². The largest absolute Gasteiger partial charge is 0.493 e. The van der Waals surface area contributed by atoms with Gasteiger partial charge in [-0.1, -0.05) is 0 Å². The standard InChI is InChI=1S/C20H26O8/c1-23-13-7-11(8-14(24-2)19(13)27-5)17(21)18(22)12-9-15(25-3)20(28-6)16(10-12)26-4/h7-10,17-18,21-22H,1-6H3. The fraction of sp³-hybridized carbons (Fsp3) is 0.400. The van der Waals surface area contributed by atoms with Gasteiger partial charge in [-0.15, -0.1) is 0 Å². The Balaban J connectivity index is 2.48. The number of aliphatic hydroxyl groups excluding tert-OH is 2. The second-order valence-electron chi connectivity index (χ2n) is 5.81. The molecule has 154 valence electrons. The Morgan fingerprint density at radius 1 is 0.500 bits per heavy atom. The third-order valence-electron chi connectivity index (χ3n) is 4.36. The van der Waals surface area contributed by atoms with Crippen molar-refractivity contribution in [2.24, 2.45) is 0 Å². The van der Waals surface area contributed by atoms with Gasteiger partial charge in [-0.3, -0.25) is 0 Å². The van der Waals surface area contributed by atoms with Crippen molar-refractivity contribution >= 4 is 0 Å². The van der Waals surface area contributed by atoms with Gasteiger partial charge < -0.3 is 38.6 Å². The Hall–Kier alpha value is -2.84. The number of hydrogen-bond donors (Lipinski definition) is 2. The van der Waals surface area contributed by atoms with Crippen LogP contribution in [0.5, 0.6) is 34.5 Å². The van der Waals surface area contributed by atoms with E-state index < -0.39 is 12.2 Å². The summed E-state index contributed by atoms with van der Waals surface area (Å²) in [5, 5.41) is 21.6. The average molecular weight is 394 g/mol. The van der Waals surface area contributed by atoms with Crippen LogP contribution in [-0.4, -0.2) is 52.9 Å². The first kappa shape index (κ1) is 21.5. The molecule has 8 nitrogen and oxygen atoms in total. The highest BCUT2D eigenvalue weighted by Gasteiger charge is 2.26. The summed E-state index contributed by atoms with van der Waals surface area (Å²) < 4.78 is 31.8. The Labute approximate surface area is 164 Å². The number of rotatable bonds is 9. The van der Waals surface area contributed by atoms with E-state index >= 15 is 0 Å². The highest BCUT2D eigenvalue weighted by Crippen LogP contribution is 2.44. The lowest BCUT2D eigenvalue weighted by Gasteiger charge is -2.22. The topological polar surface area (TPSA) is 95.8 Å². The molecule has 0 aromatic heterocycles. The molecule has 0 amide bonds. The van der Waals surface area contributed by atoms with Crippen LogP contribution in [0.15, 0.2) is 24.3 Å². The molecule has 2 rings (SSSR count). The predicted molar refractivity (Wildman–Crippen MR) is 102 cm³/mol. The van der Waals surface area contributed by atoms with Gasteiger partial charge in [0.05, 0.1) is 42.7 Å². The first-order valence-corrected chi connectivity index (χ1v) is 8.41. The van der Waals surface area contributed by atoms with Gasteiger partial charge in [-0.25, -0.2) is 0 Å². The normalized spacial score (nSPS) is 12.7. The van der Waals surface area contributed by atoms with Crippen LogP contribution in [0.1, 0.15) is 23.3 Å². The van der Waals surface area contributed by atoms with E-state index in [4.69, 9.17) is 28.4 Å². The molecule has 0 heterocycles. The number of hydrogen-bond acceptors (Lipinski definition) is 8. The molecule has 0 aliphatic carbocycles. The van der Waals surface area contributed by atoms with E-state index in [-0.39, 0.29) is 0 Å². The Morgan fingerprint density at radius 2 is 0.750 bits per heavy atom. The van der Waals surface area contributed by atoms with Crippen LogP contribution < -0.4 is 28.4 Å². The summed E-state index contributed by atoms with van der Waals surface area (Å²) in [4.78, 5) is 0. The number of methoxy groups -OCH3 is 6. The van der Waals surface area contributed by atoms with Crippen LogP contribution in [0.2, 0.25) is 0 Å². The summed E-state index contributed by atoms with van der Waals surface area (Å²) in [5.41, 5.74) is 0.770. The smallest absolute Gasteiger partial charge is 0.203 e. The van der Waals surface area contributed by atoms with Crippen molar-refractivity contribution in [2.45, 2.75) is 12.2 Å². The fourth-order valence-corrected chi connectivity index (χ4v) is 2.91. The molecular formula is C20H26O8. The molecule has 8 heteroatoms. The summed E-state index contributed by atoms with van der Waals surface area (Å²) in [7, 11) is 8.88. The van der Waals surface area contributed by atoms with Gasteiger partial charge >= 0.3 is 0 Å². The predicted octanol–water partition coefficient (Wildman–Crippen LogP) is 2.51. The van der Waals surface area contributed by atoms with E-state index in [1.54, 1.807) is 24.3 Å². The van der Waals surface area contributed by atoms with Gasteiger partial charge in [0.1, 0.15) is 12.2 Å². The van der Waals surface area contributed by atoms with E-state index in [0.717, 1.165) is 0 Å². The van der Waals surface area contributed by atoms with Crippen molar-refractivity contribution in [3.05, 3.63) is 35.4 Å². The van der Waals surface area contributed by atoms with Gasteiger partial charge in [0, 0.05) is 0 Å². The van der Waals surface area contributed by atoms with E-state index in [1.165, 1.54) is 42.7 Å². The van der Waals surface area contributed by atoms with Gasteiger partial charge in [-0.05, 0) is 35.4 Å². The lowest BCUT2D eigenvalue weighted by molar-refractivity contribution is 0.0167. The van der Waals surface area contributed by atoms with Crippen LogP contribution >= 0.6 is 0 Å².